The molecule has 0 saturated heterocycles. The number of aryl methyl sites for hydroxylation is 1. The topological polar surface area (TPSA) is 74.8 Å². The number of aromatic nitrogens is 2. The molecule has 5 heteroatoms. The number of hydrogen-bond acceptors (Lipinski definition) is 3. The smallest absolute Gasteiger partial charge is 0.220 e. The van der Waals surface area contributed by atoms with Gasteiger partial charge in [0.1, 0.15) is 5.78 Å². The van der Waals surface area contributed by atoms with E-state index in [2.05, 4.69) is 15.3 Å². The van der Waals surface area contributed by atoms with Gasteiger partial charge in [0.15, 0.2) is 0 Å². The minimum Gasteiger partial charge on any atom is -0.356 e. The van der Waals surface area contributed by atoms with Gasteiger partial charge in [-0.25, -0.2) is 4.98 Å². The molecule has 1 heterocycles. The number of rotatable bonds is 10. The summed E-state index contributed by atoms with van der Waals surface area (Å²) in [6.45, 7) is 2.35. The Bertz CT molecular complexity index is 384. The molecule has 0 aliphatic carbocycles. The maximum atomic E-state index is 11.5. The van der Waals surface area contributed by atoms with Crippen LogP contribution >= 0.6 is 0 Å². The lowest BCUT2D eigenvalue weighted by molar-refractivity contribution is -0.121. The van der Waals surface area contributed by atoms with Crippen LogP contribution in [0.5, 0.6) is 0 Å². The van der Waals surface area contributed by atoms with Crippen LogP contribution in [0, 0.1) is 0 Å². The van der Waals surface area contributed by atoms with Crippen molar-refractivity contribution in [3.8, 4) is 0 Å². The second-order valence-corrected chi connectivity index (χ2v) is 4.79. The molecule has 0 fully saturated rings. The van der Waals surface area contributed by atoms with Gasteiger partial charge in [0.2, 0.25) is 5.91 Å². The van der Waals surface area contributed by atoms with E-state index in [1.54, 1.807) is 19.4 Å². The molecule has 1 amide bonds. The minimum atomic E-state index is 0. The summed E-state index contributed by atoms with van der Waals surface area (Å²) in [6, 6.07) is 0. The van der Waals surface area contributed by atoms with Gasteiger partial charge in [0, 0.05) is 34.1 Å². The summed E-state index contributed by atoms with van der Waals surface area (Å²) in [4.78, 5) is 29.1. The molecule has 0 radical (unpaired) electrons. The highest BCUT2D eigenvalue weighted by Gasteiger charge is 2.02. The third kappa shape index (κ3) is 8.13. The first-order chi connectivity index (χ1) is 9.18. The molecular formula is C14H27N3O2. The van der Waals surface area contributed by atoms with Gasteiger partial charge < -0.3 is 15.1 Å². The maximum Gasteiger partial charge on any atom is 0.220 e. The number of carbonyl (C=O) groups excluding carboxylic acids is 2. The maximum absolute atomic E-state index is 11.5. The van der Waals surface area contributed by atoms with Gasteiger partial charge in [-0.2, -0.15) is 0 Å². The number of amides is 1. The lowest BCUT2D eigenvalue weighted by atomic mass is 10.1. The third-order valence-electron chi connectivity index (χ3n) is 2.95. The van der Waals surface area contributed by atoms with E-state index < -0.39 is 0 Å². The molecule has 2 N–H and O–H groups in total. The first-order valence-electron chi connectivity index (χ1n) is 6.92. The summed E-state index contributed by atoms with van der Waals surface area (Å²) in [5.74, 6) is 0.338. The molecule has 5 nitrogen and oxygen atoms in total. The average Bonchev–Trinajstić information content (AvgIpc) is 2.88. The van der Waals surface area contributed by atoms with E-state index in [-0.39, 0.29) is 14.5 Å². The summed E-state index contributed by atoms with van der Waals surface area (Å²) in [5, 5.41) is 2.90. The third-order valence-corrected chi connectivity index (χ3v) is 2.95. The van der Waals surface area contributed by atoms with Crippen LogP contribution in [-0.2, 0) is 16.0 Å². The number of nitrogens with one attached hydrogen (secondary N) is 2. The summed E-state index contributed by atoms with van der Waals surface area (Å²) in [5.41, 5.74) is 0.986. The molecule has 0 unspecified atom stereocenters. The van der Waals surface area contributed by atoms with E-state index in [4.69, 9.17) is 0 Å². The van der Waals surface area contributed by atoms with Gasteiger partial charge in [-0.3, -0.25) is 4.79 Å². The molecular weight excluding hydrogens is 242 g/mol. The molecule has 1 rings (SSSR count). The van der Waals surface area contributed by atoms with Crippen molar-refractivity contribution in [3.63, 3.8) is 0 Å². The van der Waals surface area contributed by atoms with E-state index in [0.29, 0.717) is 19.3 Å². The van der Waals surface area contributed by atoms with E-state index in [9.17, 15) is 9.59 Å². The van der Waals surface area contributed by atoms with E-state index in [1.807, 2.05) is 0 Å². The highest BCUT2D eigenvalue weighted by Crippen LogP contribution is 2.03. The number of hydrogen-bond donors (Lipinski definition) is 2. The number of ketones is 1. The number of imidazole rings is 1. The zero-order valence-corrected chi connectivity index (χ0v) is 11.6. The molecule has 0 saturated carbocycles. The molecule has 0 aromatic carbocycles. The van der Waals surface area contributed by atoms with Crippen molar-refractivity contribution in [1.82, 2.24) is 15.3 Å². The van der Waals surface area contributed by atoms with Crippen LogP contribution in [0.4, 0.5) is 0 Å². The molecule has 1 aromatic heterocycles. The van der Waals surface area contributed by atoms with Crippen LogP contribution in [0.1, 0.15) is 54.0 Å². The molecule has 0 aliphatic rings. The SMILES string of the molecule is CC(=O)CCCCCCNC(=O)CCc1cnc[nH]1.[HH].[HH]. The second kappa shape index (κ2) is 9.30. The van der Waals surface area contributed by atoms with Crippen molar-refractivity contribution in [1.29, 1.82) is 0 Å². The standard InChI is InChI=1S/C14H23N3O2.2H2/c1-12(18)6-4-2-3-5-9-16-14(19)8-7-13-10-15-11-17-13;;/h10-11H,2-9H2,1H3,(H,15,17)(H,16,19);2*1H. The van der Waals surface area contributed by atoms with Crippen LogP contribution in [-0.4, -0.2) is 28.2 Å². The van der Waals surface area contributed by atoms with Crippen molar-refractivity contribution in [3.05, 3.63) is 18.2 Å². The predicted molar refractivity (Wildman–Crippen MR) is 77.9 cm³/mol. The molecule has 0 spiro atoms. The summed E-state index contributed by atoms with van der Waals surface area (Å²) in [7, 11) is 0. The predicted octanol–water partition coefficient (Wildman–Crippen LogP) is 2.49. The van der Waals surface area contributed by atoms with Gasteiger partial charge in [-0.15, -0.1) is 0 Å². The van der Waals surface area contributed by atoms with Crippen molar-refractivity contribution in [2.75, 3.05) is 6.54 Å². The Balaban J connectivity index is 0. The first-order valence-corrected chi connectivity index (χ1v) is 6.92. The van der Waals surface area contributed by atoms with Crippen LogP contribution in [0.3, 0.4) is 0 Å². The molecule has 0 bridgehead atoms. The summed E-state index contributed by atoms with van der Waals surface area (Å²) < 4.78 is 0. The van der Waals surface area contributed by atoms with Gasteiger partial charge in [-0.05, 0) is 26.2 Å². The van der Waals surface area contributed by atoms with Gasteiger partial charge >= 0.3 is 0 Å². The Kier molecular flexibility index (Phi) is 7.54. The minimum absolute atomic E-state index is 0. The largest absolute Gasteiger partial charge is 0.356 e. The van der Waals surface area contributed by atoms with Gasteiger partial charge in [-0.1, -0.05) is 12.8 Å². The summed E-state index contributed by atoms with van der Waals surface area (Å²) in [6.07, 6.45) is 9.29. The molecule has 110 valence electrons. The van der Waals surface area contributed by atoms with Crippen LogP contribution in [0.15, 0.2) is 12.5 Å². The van der Waals surface area contributed by atoms with Crippen molar-refractivity contribution in [2.45, 2.75) is 51.9 Å². The number of aromatic amines is 1. The Morgan fingerprint density at radius 2 is 2.05 bits per heavy atom. The van der Waals surface area contributed by atoms with Crippen molar-refractivity contribution in [2.24, 2.45) is 0 Å². The van der Waals surface area contributed by atoms with Crippen LogP contribution < -0.4 is 5.32 Å². The zero-order valence-electron chi connectivity index (χ0n) is 11.6. The zero-order chi connectivity index (χ0) is 13.9. The normalized spacial score (nSPS) is 10.4. The van der Waals surface area contributed by atoms with Gasteiger partial charge in [0.25, 0.3) is 0 Å². The van der Waals surface area contributed by atoms with E-state index in [1.165, 1.54) is 0 Å². The van der Waals surface area contributed by atoms with E-state index >= 15 is 0 Å². The van der Waals surface area contributed by atoms with Crippen molar-refractivity contribution >= 4 is 11.7 Å². The van der Waals surface area contributed by atoms with Crippen LogP contribution in [0.2, 0.25) is 0 Å². The Morgan fingerprint density at radius 3 is 2.74 bits per heavy atom. The van der Waals surface area contributed by atoms with Gasteiger partial charge in [0.05, 0.1) is 6.33 Å². The highest BCUT2D eigenvalue weighted by molar-refractivity contribution is 5.76. The fourth-order valence-electron chi connectivity index (χ4n) is 1.84. The van der Waals surface area contributed by atoms with Crippen LogP contribution in [0.25, 0.3) is 0 Å². The lowest BCUT2D eigenvalue weighted by Gasteiger charge is -2.04. The van der Waals surface area contributed by atoms with E-state index in [0.717, 1.165) is 37.9 Å². The summed E-state index contributed by atoms with van der Waals surface area (Å²) >= 11 is 0. The highest BCUT2D eigenvalue weighted by atomic mass is 16.1. The molecule has 0 atom stereocenters. The molecule has 1 aromatic rings. The lowest BCUT2D eigenvalue weighted by Crippen LogP contribution is -2.24. The Hall–Kier alpha value is -1.65. The fraction of sp³-hybridized carbons (Fsp3) is 0.643. The Labute approximate surface area is 117 Å². The number of unbranched alkanes of at least 4 members (excludes halogenated alkanes) is 3. The number of Topliss-reactive ketones (excluding diaryl/α,β-unsaturated/α-hetero) is 1. The molecule has 0 aliphatic heterocycles. The second-order valence-electron chi connectivity index (χ2n) is 4.79. The molecule has 19 heavy (non-hydrogen) atoms. The fourth-order valence-corrected chi connectivity index (χ4v) is 1.84. The Morgan fingerprint density at radius 1 is 1.26 bits per heavy atom. The van der Waals surface area contributed by atoms with Crippen molar-refractivity contribution < 1.29 is 12.4 Å². The number of H-pyrrole nitrogens is 1. The monoisotopic (exact) mass is 269 g/mol. The number of nitrogens with zero attached hydrogens (tertiary/aromatic N) is 1. The number of carbonyl (C=O) groups is 2. The quantitative estimate of drug-likeness (QED) is 0.641. The average molecular weight is 269 g/mol. The first kappa shape index (κ1) is 15.4.